The van der Waals surface area contributed by atoms with Crippen LogP contribution < -0.4 is 5.32 Å². The molecule has 1 saturated heterocycles. The van der Waals surface area contributed by atoms with Gasteiger partial charge in [0.1, 0.15) is 0 Å². The summed E-state index contributed by atoms with van der Waals surface area (Å²) in [6.07, 6.45) is 11.3. The molecule has 0 aromatic carbocycles. The second kappa shape index (κ2) is 5.51. The van der Waals surface area contributed by atoms with Gasteiger partial charge in [0.25, 0.3) is 0 Å². The summed E-state index contributed by atoms with van der Waals surface area (Å²) in [5, 5.41) is 2.93. The lowest BCUT2D eigenvalue weighted by Gasteiger charge is -2.33. The molecule has 90 valence electrons. The lowest BCUT2D eigenvalue weighted by Crippen LogP contribution is -2.35. The van der Waals surface area contributed by atoms with E-state index in [1.54, 1.807) is 0 Å². The van der Waals surface area contributed by atoms with Crippen LogP contribution in [0.5, 0.6) is 0 Å². The quantitative estimate of drug-likeness (QED) is 0.722. The number of carbonyl (C=O) groups excluding carboxylic acids is 1. The summed E-state index contributed by atoms with van der Waals surface area (Å²) in [4.78, 5) is 11.3. The van der Waals surface area contributed by atoms with Gasteiger partial charge in [0.15, 0.2) is 0 Å². The number of hydrogen-bond acceptors (Lipinski definition) is 1. The van der Waals surface area contributed by atoms with E-state index in [0.717, 1.165) is 18.0 Å². The van der Waals surface area contributed by atoms with E-state index in [1.807, 2.05) is 0 Å². The number of carbonyl (C=O) groups is 1. The van der Waals surface area contributed by atoms with E-state index < -0.39 is 0 Å². The van der Waals surface area contributed by atoms with Crippen molar-refractivity contribution in [2.45, 2.75) is 57.8 Å². The van der Waals surface area contributed by atoms with Crippen molar-refractivity contribution in [1.29, 1.82) is 0 Å². The summed E-state index contributed by atoms with van der Waals surface area (Å²) < 4.78 is 0. The molecule has 0 radical (unpaired) electrons. The molecule has 0 aromatic heterocycles. The molecule has 1 saturated carbocycles. The summed E-state index contributed by atoms with van der Waals surface area (Å²) in [7, 11) is 0. The van der Waals surface area contributed by atoms with Gasteiger partial charge in [-0.05, 0) is 25.2 Å². The zero-order valence-corrected chi connectivity index (χ0v) is 10.1. The Morgan fingerprint density at radius 2 is 1.62 bits per heavy atom. The Labute approximate surface area is 98.5 Å². The molecule has 1 unspecified atom stereocenters. The zero-order valence-electron chi connectivity index (χ0n) is 10.1. The van der Waals surface area contributed by atoms with Crippen LogP contribution >= 0.6 is 0 Å². The molecule has 1 amide bonds. The molecule has 2 heteroatoms. The third-order valence-corrected chi connectivity index (χ3v) is 4.15. The van der Waals surface area contributed by atoms with Crippen LogP contribution in [0, 0.1) is 11.8 Å². The van der Waals surface area contributed by atoms with Gasteiger partial charge in [-0.15, -0.1) is 0 Å². The van der Waals surface area contributed by atoms with E-state index >= 15 is 0 Å². The first kappa shape index (κ1) is 11.7. The summed E-state index contributed by atoms with van der Waals surface area (Å²) in [6.45, 7) is 4.04. The topological polar surface area (TPSA) is 29.1 Å². The van der Waals surface area contributed by atoms with Gasteiger partial charge in [0, 0.05) is 18.0 Å². The van der Waals surface area contributed by atoms with Gasteiger partial charge in [-0.25, -0.2) is 0 Å². The molecule has 1 aliphatic heterocycles. The van der Waals surface area contributed by atoms with Crippen LogP contribution in [-0.2, 0) is 4.79 Å². The number of piperidine rings is 1. The first-order valence-electron chi connectivity index (χ1n) is 6.76. The van der Waals surface area contributed by atoms with E-state index in [1.165, 1.54) is 44.9 Å². The molecule has 0 spiro atoms. The van der Waals surface area contributed by atoms with Crippen LogP contribution in [0.3, 0.4) is 0 Å². The van der Waals surface area contributed by atoms with Crippen LogP contribution in [0.15, 0.2) is 12.3 Å². The minimum atomic E-state index is 0.159. The van der Waals surface area contributed by atoms with Crippen LogP contribution in [0.2, 0.25) is 0 Å². The van der Waals surface area contributed by atoms with E-state index in [4.69, 9.17) is 0 Å². The fourth-order valence-corrected chi connectivity index (χ4v) is 3.21. The molecule has 1 N–H and O–H groups in total. The summed E-state index contributed by atoms with van der Waals surface area (Å²) in [6, 6.07) is 0. The zero-order chi connectivity index (χ0) is 11.4. The van der Waals surface area contributed by atoms with Crippen LogP contribution in [0.1, 0.15) is 57.8 Å². The molecule has 1 heterocycles. The van der Waals surface area contributed by atoms with Crippen molar-refractivity contribution in [2.24, 2.45) is 11.8 Å². The normalized spacial score (nSPS) is 29.4. The van der Waals surface area contributed by atoms with Gasteiger partial charge >= 0.3 is 0 Å². The lowest BCUT2D eigenvalue weighted by atomic mass is 9.77. The molecule has 0 bridgehead atoms. The highest BCUT2D eigenvalue weighted by atomic mass is 16.1. The fourth-order valence-electron chi connectivity index (χ4n) is 3.21. The van der Waals surface area contributed by atoms with Gasteiger partial charge in [-0.2, -0.15) is 0 Å². The van der Waals surface area contributed by atoms with Crippen molar-refractivity contribution in [2.75, 3.05) is 0 Å². The summed E-state index contributed by atoms with van der Waals surface area (Å²) >= 11 is 0. The maximum atomic E-state index is 11.3. The maximum Gasteiger partial charge on any atom is 0.224 e. The van der Waals surface area contributed by atoms with Gasteiger partial charge in [0.2, 0.25) is 5.91 Å². The first-order valence-corrected chi connectivity index (χ1v) is 6.76. The molecule has 2 fully saturated rings. The molecule has 2 rings (SSSR count). The van der Waals surface area contributed by atoms with Crippen LogP contribution in [0.4, 0.5) is 0 Å². The van der Waals surface area contributed by atoms with E-state index in [2.05, 4.69) is 11.9 Å². The maximum absolute atomic E-state index is 11.3. The van der Waals surface area contributed by atoms with Gasteiger partial charge in [-0.3, -0.25) is 4.79 Å². The molecular formula is C14H23NO. The Kier molecular flexibility index (Phi) is 4.03. The Morgan fingerprint density at radius 1 is 1.00 bits per heavy atom. The summed E-state index contributed by atoms with van der Waals surface area (Å²) in [5.74, 6) is 1.48. The predicted octanol–water partition coefficient (Wildman–Crippen LogP) is 3.39. The van der Waals surface area contributed by atoms with Crippen molar-refractivity contribution in [3.8, 4) is 0 Å². The minimum Gasteiger partial charge on any atom is -0.330 e. The molecule has 0 aromatic rings. The molecule has 1 atom stereocenters. The predicted molar refractivity (Wildman–Crippen MR) is 65.8 cm³/mol. The van der Waals surface area contributed by atoms with Crippen molar-refractivity contribution < 1.29 is 4.79 Å². The number of nitrogens with one attached hydrogen (secondary N) is 1. The van der Waals surface area contributed by atoms with E-state index in [9.17, 15) is 4.79 Å². The first-order chi connectivity index (χ1) is 7.77. The molecular weight excluding hydrogens is 198 g/mol. The lowest BCUT2D eigenvalue weighted by molar-refractivity contribution is -0.122. The highest BCUT2D eigenvalue weighted by molar-refractivity contribution is 5.78. The summed E-state index contributed by atoms with van der Waals surface area (Å²) in [5.41, 5.74) is 0.988. The number of allylic oxidation sites excluding steroid dienone is 1. The van der Waals surface area contributed by atoms with Crippen molar-refractivity contribution in [1.82, 2.24) is 5.32 Å². The largest absolute Gasteiger partial charge is 0.330 e. The van der Waals surface area contributed by atoms with Crippen LogP contribution in [0.25, 0.3) is 0 Å². The van der Waals surface area contributed by atoms with E-state index in [0.29, 0.717) is 12.3 Å². The second-order valence-electron chi connectivity index (χ2n) is 5.32. The standard InChI is InChI=1S/C14H23NO/c1-11-13(9-10-14(16)15-11)12-7-5-3-2-4-6-8-12/h12-13H,1-10H2,(H,15,16). The van der Waals surface area contributed by atoms with Crippen molar-refractivity contribution >= 4 is 5.91 Å². The molecule has 2 aliphatic rings. The number of rotatable bonds is 1. The Hall–Kier alpha value is -0.790. The highest BCUT2D eigenvalue weighted by Crippen LogP contribution is 2.35. The van der Waals surface area contributed by atoms with Gasteiger partial charge in [-0.1, -0.05) is 38.7 Å². The average Bonchev–Trinajstić information content (AvgIpc) is 2.19. The Bertz CT molecular complexity index is 264. The number of hydrogen-bond donors (Lipinski definition) is 1. The van der Waals surface area contributed by atoms with Gasteiger partial charge < -0.3 is 5.32 Å². The van der Waals surface area contributed by atoms with Crippen molar-refractivity contribution in [3.05, 3.63) is 12.3 Å². The Morgan fingerprint density at radius 3 is 2.25 bits per heavy atom. The number of amides is 1. The van der Waals surface area contributed by atoms with Gasteiger partial charge in [0.05, 0.1) is 0 Å². The molecule has 1 aliphatic carbocycles. The third kappa shape index (κ3) is 2.87. The average molecular weight is 221 g/mol. The third-order valence-electron chi connectivity index (χ3n) is 4.15. The molecule has 16 heavy (non-hydrogen) atoms. The van der Waals surface area contributed by atoms with E-state index in [-0.39, 0.29) is 5.91 Å². The minimum absolute atomic E-state index is 0.159. The van der Waals surface area contributed by atoms with Crippen LogP contribution in [-0.4, -0.2) is 5.91 Å². The van der Waals surface area contributed by atoms with Crippen molar-refractivity contribution in [3.63, 3.8) is 0 Å². The fraction of sp³-hybridized carbons (Fsp3) is 0.786. The SMILES string of the molecule is C=C1NC(=O)CCC1C1CCCCCCC1. The second-order valence-corrected chi connectivity index (χ2v) is 5.32. The smallest absolute Gasteiger partial charge is 0.224 e. The molecule has 2 nitrogen and oxygen atoms in total. The monoisotopic (exact) mass is 221 g/mol. The highest BCUT2D eigenvalue weighted by Gasteiger charge is 2.28. The Balaban J connectivity index is 1.93.